The first-order valence-electron chi connectivity index (χ1n) is 8.16. The zero-order valence-electron chi connectivity index (χ0n) is 15.1. The molecule has 0 aliphatic carbocycles. The van der Waals surface area contributed by atoms with Crippen LogP contribution in [0.5, 0.6) is 0 Å². The third kappa shape index (κ3) is 5.27. The van der Waals surface area contributed by atoms with E-state index in [9.17, 15) is 19.7 Å². The molecule has 7 nitrogen and oxygen atoms in total. The van der Waals surface area contributed by atoms with Gasteiger partial charge in [-0.15, -0.1) is 0 Å². The van der Waals surface area contributed by atoms with Crippen LogP contribution in [-0.2, 0) is 9.53 Å². The number of nitrogens with zero attached hydrogens (tertiary/aromatic N) is 1. The molecule has 0 spiro atoms. The second-order valence-electron chi connectivity index (χ2n) is 6.13. The van der Waals surface area contributed by atoms with E-state index in [0.717, 1.165) is 22.8 Å². The van der Waals surface area contributed by atoms with Crippen molar-refractivity contribution in [1.29, 1.82) is 0 Å². The van der Waals surface area contributed by atoms with Gasteiger partial charge in [0.25, 0.3) is 11.6 Å². The standard InChI is InChI=1S/C19H19ClN2O5/c1-11-4-5-14(8-12(11)2)13(3)21-18(23)10-27-19(24)16-7-6-15(20)9-17(16)22(25)26/h4-9,13H,10H2,1-3H3,(H,21,23)/t13-/m1/s1. The van der Waals surface area contributed by atoms with E-state index in [1.807, 2.05) is 39.0 Å². The average molecular weight is 391 g/mol. The molecule has 1 atom stereocenters. The molecule has 27 heavy (non-hydrogen) atoms. The Morgan fingerprint density at radius 1 is 1.19 bits per heavy atom. The first-order chi connectivity index (χ1) is 12.7. The zero-order valence-corrected chi connectivity index (χ0v) is 15.9. The Balaban J connectivity index is 1.98. The van der Waals surface area contributed by atoms with Crippen LogP contribution in [0.15, 0.2) is 36.4 Å². The number of nitro benzene ring substituents is 1. The SMILES string of the molecule is Cc1ccc([C@@H](C)NC(=O)COC(=O)c2ccc(Cl)cc2[N+](=O)[O-])cc1C. The summed E-state index contributed by atoms with van der Waals surface area (Å²) in [6.45, 7) is 5.24. The van der Waals surface area contributed by atoms with Crippen LogP contribution in [0.1, 0.15) is 40.0 Å². The highest BCUT2D eigenvalue weighted by molar-refractivity contribution is 6.31. The van der Waals surface area contributed by atoms with E-state index in [0.29, 0.717) is 0 Å². The molecular formula is C19H19ClN2O5. The minimum Gasteiger partial charge on any atom is -0.452 e. The molecule has 0 aliphatic heterocycles. The first kappa shape index (κ1) is 20.4. The number of carbonyl (C=O) groups excluding carboxylic acids is 2. The van der Waals surface area contributed by atoms with Gasteiger partial charge < -0.3 is 10.1 Å². The van der Waals surface area contributed by atoms with Crippen molar-refractivity contribution in [2.45, 2.75) is 26.8 Å². The van der Waals surface area contributed by atoms with Crippen LogP contribution < -0.4 is 5.32 Å². The number of nitrogens with one attached hydrogen (secondary N) is 1. The van der Waals surface area contributed by atoms with Crippen LogP contribution in [0.3, 0.4) is 0 Å². The van der Waals surface area contributed by atoms with Gasteiger partial charge in [0, 0.05) is 11.1 Å². The summed E-state index contributed by atoms with van der Waals surface area (Å²) in [7, 11) is 0. The summed E-state index contributed by atoms with van der Waals surface area (Å²) in [6, 6.07) is 9.17. The quantitative estimate of drug-likeness (QED) is 0.458. The van der Waals surface area contributed by atoms with Gasteiger partial charge in [-0.05, 0) is 49.6 Å². The van der Waals surface area contributed by atoms with Crippen molar-refractivity contribution in [3.63, 3.8) is 0 Å². The number of carbonyl (C=O) groups is 2. The summed E-state index contributed by atoms with van der Waals surface area (Å²) in [5.74, 6) is -1.47. The lowest BCUT2D eigenvalue weighted by Crippen LogP contribution is -2.31. The minimum atomic E-state index is -0.965. The first-order valence-corrected chi connectivity index (χ1v) is 8.54. The van der Waals surface area contributed by atoms with E-state index in [1.54, 1.807) is 0 Å². The molecule has 0 unspecified atom stereocenters. The molecule has 0 fully saturated rings. The van der Waals surface area contributed by atoms with E-state index < -0.39 is 29.1 Å². The van der Waals surface area contributed by atoms with E-state index in [4.69, 9.17) is 16.3 Å². The Morgan fingerprint density at radius 2 is 1.89 bits per heavy atom. The predicted molar refractivity (Wildman–Crippen MR) is 101 cm³/mol. The third-order valence-corrected chi connectivity index (χ3v) is 4.35. The molecule has 2 aromatic carbocycles. The van der Waals surface area contributed by atoms with Crippen LogP contribution in [0, 0.1) is 24.0 Å². The van der Waals surface area contributed by atoms with Gasteiger partial charge >= 0.3 is 5.97 Å². The molecule has 142 valence electrons. The van der Waals surface area contributed by atoms with Crippen molar-refractivity contribution >= 4 is 29.2 Å². The molecule has 0 aliphatic rings. The number of hydrogen-bond donors (Lipinski definition) is 1. The average Bonchev–Trinajstić information content (AvgIpc) is 2.61. The van der Waals surface area contributed by atoms with Crippen LogP contribution >= 0.6 is 11.6 Å². The largest absolute Gasteiger partial charge is 0.452 e. The van der Waals surface area contributed by atoms with Gasteiger partial charge in [0.15, 0.2) is 6.61 Å². The lowest BCUT2D eigenvalue weighted by Gasteiger charge is -2.15. The molecule has 0 bridgehead atoms. The highest BCUT2D eigenvalue weighted by Gasteiger charge is 2.22. The van der Waals surface area contributed by atoms with Crippen molar-refractivity contribution in [1.82, 2.24) is 5.32 Å². The Kier molecular flexibility index (Phi) is 6.52. The Hall–Kier alpha value is -2.93. The van der Waals surface area contributed by atoms with Crippen LogP contribution in [0.4, 0.5) is 5.69 Å². The number of ether oxygens (including phenoxy) is 1. The molecular weight excluding hydrogens is 372 g/mol. The summed E-state index contributed by atoms with van der Waals surface area (Å²) in [5.41, 5.74) is 2.44. The summed E-state index contributed by atoms with van der Waals surface area (Å²) in [5, 5.41) is 13.9. The third-order valence-electron chi connectivity index (χ3n) is 4.12. The van der Waals surface area contributed by atoms with E-state index in [2.05, 4.69) is 5.32 Å². The monoisotopic (exact) mass is 390 g/mol. The molecule has 0 aromatic heterocycles. The number of benzene rings is 2. The van der Waals surface area contributed by atoms with Gasteiger partial charge in [-0.3, -0.25) is 14.9 Å². The smallest absolute Gasteiger partial charge is 0.345 e. The highest BCUT2D eigenvalue weighted by Crippen LogP contribution is 2.24. The number of hydrogen-bond acceptors (Lipinski definition) is 5. The van der Waals surface area contributed by atoms with Crippen molar-refractivity contribution in [2.75, 3.05) is 6.61 Å². The maximum absolute atomic E-state index is 12.1. The molecule has 8 heteroatoms. The van der Waals surface area contributed by atoms with Crippen molar-refractivity contribution in [2.24, 2.45) is 0 Å². The molecule has 0 saturated carbocycles. The summed E-state index contributed by atoms with van der Waals surface area (Å²) >= 11 is 5.71. The molecule has 1 N–H and O–H groups in total. The van der Waals surface area contributed by atoms with Gasteiger partial charge in [0.1, 0.15) is 5.56 Å². The highest BCUT2D eigenvalue weighted by atomic mass is 35.5. The Morgan fingerprint density at radius 3 is 2.52 bits per heavy atom. The lowest BCUT2D eigenvalue weighted by atomic mass is 10.0. The Labute approximate surface area is 161 Å². The van der Waals surface area contributed by atoms with Gasteiger partial charge in [0.05, 0.1) is 11.0 Å². The second-order valence-corrected chi connectivity index (χ2v) is 6.56. The summed E-state index contributed by atoms with van der Waals surface area (Å²) in [4.78, 5) is 34.4. The van der Waals surface area contributed by atoms with Crippen molar-refractivity contribution in [3.8, 4) is 0 Å². The lowest BCUT2D eigenvalue weighted by molar-refractivity contribution is -0.385. The van der Waals surface area contributed by atoms with E-state index >= 15 is 0 Å². The second kappa shape index (κ2) is 8.64. The fourth-order valence-corrected chi connectivity index (χ4v) is 2.60. The minimum absolute atomic E-state index is 0.123. The van der Waals surface area contributed by atoms with Crippen LogP contribution in [0.25, 0.3) is 0 Å². The van der Waals surface area contributed by atoms with E-state index in [-0.39, 0.29) is 16.6 Å². The molecule has 2 aromatic rings. The zero-order chi connectivity index (χ0) is 20.1. The normalized spacial score (nSPS) is 11.6. The molecule has 2 rings (SSSR count). The summed E-state index contributed by atoms with van der Waals surface area (Å²) in [6.07, 6.45) is 0. The Bertz CT molecular complexity index is 898. The van der Waals surface area contributed by atoms with Gasteiger partial charge in [-0.25, -0.2) is 4.79 Å². The predicted octanol–water partition coefficient (Wildman–Crippen LogP) is 3.90. The van der Waals surface area contributed by atoms with Gasteiger partial charge in [-0.1, -0.05) is 29.8 Å². The topological polar surface area (TPSA) is 98.5 Å². The fraction of sp³-hybridized carbons (Fsp3) is 0.263. The van der Waals surface area contributed by atoms with Crippen molar-refractivity contribution in [3.05, 3.63) is 73.8 Å². The number of esters is 1. The van der Waals surface area contributed by atoms with Crippen LogP contribution in [0.2, 0.25) is 5.02 Å². The van der Waals surface area contributed by atoms with Gasteiger partial charge in [-0.2, -0.15) is 0 Å². The number of aryl methyl sites for hydroxylation is 2. The molecule has 0 heterocycles. The summed E-state index contributed by atoms with van der Waals surface area (Å²) < 4.78 is 4.90. The fourth-order valence-electron chi connectivity index (χ4n) is 2.44. The van der Waals surface area contributed by atoms with Crippen molar-refractivity contribution < 1.29 is 19.2 Å². The maximum atomic E-state index is 12.1. The molecule has 0 saturated heterocycles. The van der Waals surface area contributed by atoms with E-state index in [1.165, 1.54) is 12.1 Å². The molecule has 0 radical (unpaired) electrons. The molecule has 1 amide bonds. The number of amides is 1. The van der Waals surface area contributed by atoms with Gasteiger partial charge in [0.2, 0.25) is 0 Å². The number of halogens is 1. The number of rotatable bonds is 6. The number of nitro groups is 1. The van der Waals surface area contributed by atoms with Crippen LogP contribution in [-0.4, -0.2) is 23.4 Å². The maximum Gasteiger partial charge on any atom is 0.345 e.